The number of nitrogens with one attached hydrogen (secondary N) is 1. The number of carbonyl (C=O) groups excluding carboxylic acids is 1. The lowest BCUT2D eigenvalue weighted by atomic mass is 9.80. The third kappa shape index (κ3) is 3.77. The molecule has 29 heavy (non-hydrogen) atoms. The van der Waals surface area contributed by atoms with Gasteiger partial charge in [-0.1, -0.05) is 35.5 Å². The molecular formula is C18H16BN7O3. The van der Waals surface area contributed by atoms with Crippen molar-refractivity contribution in [1.29, 1.82) is 0 Å². The zero-order valence-corrected chi connectivity index (χ0v) is 15.1. The molecule has 0 fully saturated rings. The van der Waals surface area contributed by atoms with Gasteiger partial charge in [-0.2, -0.15) is 0 Å². The molecule has 4 aromatic rings. The van der Waals surface area contributed by atoms with Crippen LogP contribution in [0.5, 0.6) is 0 Å². The Bertz CT molecular complexity index is 1200. The lowest BCUT2D eigenvalue weighted by molar-refractivity contribution is 0.0993. The first-order valence-corrected chi connectivity index (χ1v) is 8.69. The van der Waals surface area contributed by atoms with Crippen LogP contribution in [-0.2, 0) is 6.54 Å². The topological polar surface area (TPSA) is 152 Å². The quantitative estimate of drug-likeness (QED) is 0.325. The monoisotopic (exact) mass is 389 g/mol. The van der Waals surface area contributed by atoms with Crippen LogP contribution in [-0.4, -0.2) is 47.9 Å². The van der Waals surface area contributed by atoms with Crippen LogP contribution in [0.4, 0.5) is 5.82 Å². The first-order valence-electron chi connectivity index (χ1n) is 8.69. The SMILES string of the molecule is NC(=O)c1cccc2c(-c3nccc(NCc4cccc(B(O)O)c4)n3)nnn12. The summed E-state index contributed by atoms with van der Waals surface area (Å²) in [5.41, 5.74) is 7.83. The van der Waals surface area contributed by atoms with Crippen LogP contribution in [0.15, 0.2) is 54.7 Å². The van der Waals surface area contributed by atoms with Crippen LogP contribution in [0.25, 0.3) is 17.0 Å². The Hall–Kier alpha value is -3.83. The summed E-state index contributed by atoms with van der Waals surface area (Å²) in [6, 6.07) is 13.6. The van der Waals surface area contributed by atoms with E-state index >= 15 is 0 Å². The van der Waals surface area contributed by atoms with Crippen LogP contribution in [0.2, 0.25) is 0 Å². The van der Waals surface area contributed by atoms with E-state index in [1.807, 2.05) is 6.07 Å². The Balaban J connectivity index is 1.60. The van der Waals surface area contributed by atoms with Crippen molar-refractivity contribution in [3.05, 3.63) is 66.0 Å². The summed E-state index contributed by atoms with van der Waals surface area (Å²) in [7, 11) is -1.52. The van der Waals surface area contributed by atoms with Gasteiger partial charge in [0.15, 0.2) is 11.5 Å². The number of pyridine rings is 1. The second kappa shape index (κ2) is 7.66. The standard InChI is InChI=1S/C18H16BN7O3/c20-17(27)14-6-2-5-13-16(24-25-26(13)14)18-21-8-7-15(23-18)22-10-11-3-1-4-12(9-11)19(28)29/h1-9,28-29H,10H2,(H2,20,27)(H,21,22,23). The van der Waals surface area contributed by atoms with E-state index in [0.717, 1.165) is 5.56 Å². The first kappa shape index (κ1) is 18.5. The Morgan fingerprint density at radius 2 is 2.00 bits per heavy atom. The van der Waals surface area contributed by atoms with Gasteiger partial charge in [0.05, 0.1) is 5.52 Å². The van der Waals surface area contributed by atoms with Gasteiger partial charge in [0.2, 0.25) is 0 Å². The van der Waals surface area contributed by atoms with Crippen LogP contribution in [0, 0.1) is 0 Å². The molecule has 0 aliphatic heterocycles. The van der Waals surface area contributed by atoms with Crippen molar-refractivity contribution in [3.8, 4) is 11.5 Å². The molecule has 0 radical (unpaired) electrons. The summed E-state index contributed by atoms with van der Waals surface area (Å²) < 4.78 is 1.35. The summed E-state index contributed by atoms with van der Waals surface area (Å²) in [4.78, 5) is 20.3. The third-order valence-corrected chi connectivity index (χ3v) is 4.28. The summed E-state index contributed by atoms with van der Waals surface area (Å²) >= 11 is 0. The highest BCUT2D eigenvalue weighted by molar-refractivity contribution is 6.58. The van der Waals surface area contributed by atoms with Crippen LogP contribution < -0.4 is 16.5 Å². The smallest absolute Gasteiger partial charge is 0.423 e. The van der Waals surface area contributed by atoms with E-state index in [4.69, 9.17) is 5.73 Å². The Labute approximate surface area is 165 Å². The molecule has 10 nitrogen and oxygen atoms in total. The average Bonchev–Trinajstić information content (AvgIpc) is 3.17. The minimum absolute atomic E-state index is 0.210. The van der Waals surface area contributed by atoms with E-state index in [0.29, 0.717) is 34.9 Å². The van der Waals surface area contributed by atoms with Gasteiger partial charge in [-0.15, -0.1) is 5.10 Å². The summed E-state index contributed by atoms with van der Waals surface area (Å²) in [5.74, 6) is 0.280. The lowest BCUT2D eigenvalue weighted by Crippen LogP contribution is -2.30. The molecule has 1 aromatic carbocycles. The van der Waals surface area contributed by atoms with Crippen LogP contribution in [0.1, 0.15) is 16.1 Å². The fourth-order valence-electron chi connectivity index (χ4n) is 2.89. The summed E-state index contributed by atoms with van der Waals surface area (Å²) in [5, 5.41) is 29.8. The number of nitrogens with two attached hydrogens (primary N) is 1. The van der Waals surface area contributed by atoms with Crippen molar-refractivity contribution in [3.63, 3.8) is 0 Å². The number of aromatic nitrogens is 5. The largest absolute Gasteiger partial charge is 0.488 e. The van der Waals surface area contributed by atoms with Crippen LogP contribution in [0.3, 0.4) is 0 Å². The molecule has 3 heterocycles. The number of hydrogen-bond acceptors (Lipinski definition) is 8. The maximum Gasteiger partial charge on any atom is 0.488 e. The molecule has 4 rings (SSSR count). The van der Waals surface area contributed by atoms with E-state index in [2.05, 4.69) is 25.6 Å². The zero-order chi connectivity index (χ0) is 20.4. The predicted octanol–water partition coefficient (Wildman–Crippen LogP) is -0.423. The molecule has 0 aliphatic rings. The maximum atomic E-state index is 11.6. The van der Waals surface area contributed by atoms with E-state index in [9.17, 15) is 14.8 Å². The number of amides is 1. The van der Waals surface area contributed by atoms with Crippen molar-refractivity contribution in [2.75, 3.05) is 5.32 Å². The normalized spacial score (nSPS) is 10.8. The fraction of sp³-hybridized carbons (Fsp3) is 0.0556. The Morgan fingerprint density at radius 3 is 2.79 bits per heavy atom. The molecule has 0 bridgehead atoms. The molecule has 0 atom stereocenters. The molecule has 11 heteroatoms. The predicted molar refractivity (Wildman–Crippen MR) is 106 cm³/mol. The van der Waals surface area contributed by atoms with Gasteiger partial charge in [-0.3, -0.25) is 4.79 Å². The summed E-state index contributed by atoms with van der Waals surface area (Å²) in [6.07, 6.45) is 1.59. The van der Waals surface area contributed by atoms with Crippen molar-refractivity contribution in [2.24, 2.45) is 5.73 Å². The van der Waals surface area contributed by atoms with Crippen molar-refractivity contribution >= 4 is 29.8 Å². The van der Waals surface area contributed by atoms with Gasteiger partial charge in [0.1, 0.15) is 11.5 Å². The highest BCUT2D eigenvalue weighted by Gasteiger charge is 2.16. The van der Waals surface area contributed by atoms with Gasteiger partial charge in [-0.05, 0) is 29.2 Å². The van der Waals surface area contributed by atoms with E-state index < -0.39 is 13.0 Å². The highest BCUT2D eigenvalue weighted by atomic mass is 16.4. The number of fused-ring (bicyclic) bond motifs is 1. The Morgan fingerprint density at radius 1 is 1.17 bits per heavy atom. The first-order chi connectivity index (χ1) is 14.0. The molecule has 1 amide bonds. The second-order valence-corrected chi connectivity index (χ2v) is 6.25. The van der Waals surface area contributed by atoms with E-state index in [1.165, 1.54) is 4.52 Å². The van der Waals surface area contributed by atoms with Gasteiger partial charge in [0.25, 0.3) is 5.91 Å². The van der Waals surface area contributed by atoms with E-state index in [-0.39, 0.29) is 5.69 Å². The molecular weight excluding hydrogens is 373 g/mol. The van der Waals surface area contributed by atoms with Crippen LogP contribution >= 0.6 is 0 Å². The number of rotatable bonds is 6. The maximum absolute atomic E-state index is 11.6. The van der Waals surface area contributed by atoms with Crippen molar-refractivity contribution in [2.45, 2.75) is 6.54 Å². The minimum Gasteiger partial charge on any atom is -0.423 e. The lowest BCUT2D eigenvalue weighted by Gasteiger charge is -2.08. The van der Waals surface area contributed by atoms with Gasteiger partial charge < -0.3 is 21.1 Å². The molecule has 0 unspecified atom stereocenters. The number of carbonyl (C=O) groups is 1. The average molecular weight is 389 g/mol. The Kier molecular flexibility index (Phi) is 4.89. The molecule has 144 valence electrons. The minimum atomic E-state index is -1.52. The van der Waals surface area contributed by atoms with E-state index in [1.54, 1.807) is 48.7 Å². The summed E-state index contributed by atoms with van der Waals surface area (Å²) in [6.45, 7) is 0.422. The molecule has 0 aliphatic carbocycles. The van der Waals surface area contributed by atoms with Crippen molar-refractivity contribution in [1.82, 2.24) is 24.8 Å². The van der Waals surface area contributed by atoms with Crippen molar-refractivity contribution < 1.29 is 14.8 Å². The van der Waals surface area contributed by atoms with Gasteiger partial charge >= 0.3 is 7.12 Å². The highest BCUT2D eigenvalue weighted by Crippen LogP contribution is 2.20. The molecule has 5 N–H and O–H groups in total. The molecule has 0 spiro atoms. The number of benzene rings is 1. The second-order valence-electron chi connectivity index (χ2n) is 6.25. The molecule has 0 saturated carbocycles. The number of anilines is 1. The fourth-order valence-corrected chi connectivity index (χ4v) is 2.89. The third-order valence-electron chi connectivity index (χ3n) is 4.28. The number of hydrogen-bond donors (Lipinski definition) is 4. The molecule has 3 aromatic heterocycles. The number of primary amides is 1. The van der Waals surface area contributed by atoms with Gasteiger partial charge in [0, 0.05) is 12.7 Å². The molecule has 0 saturated heterocycles. The zero-order valence-electron chi connectivity index (χ0n) is 15.1. The van der Waals surface area contributed by atoms with Gasteiger partial charge in [-0.25, -0.2) is 14.5 Å². The number of nitrogens with zero attached hydrogens (tertiary/aromatic N) is 5.